The molecule has 0 aromatic carbocycles. The normalized spacial score (nSPS) is 19.9. The summed E-state index contributed by atoms with van der Waals surface area (Å²) in [6, 6.07) is 5.36. The Labute approximate surface area is 215 Å². The molecule has 5 heterocycles. The molecule has 192 valence electrons. The van der Waals surface area contributed by atoms with E-state index in [0.29, 0.717) is 18.9 Å². The maximum Gasteiger partial charge on any atom is 0.230 e. The van der Waals surface area contributed by atoms with Gasteiger partial charge in [0.1, 0.15) is 11.6 Å². The smallest absolute Gasteiger partial charge is 0.230 e. The lowest BCUT2D eigenvalue weighted by Crippen LogP contribution is -2.46. The number of anilines is 1. The Morgan fingerprint density at radius 1 is 1.27 bits per heavy atom. The third kappa shape index (κ3) is 4.59. The van der Waals surface area contributed by atoms with Crippen LogP contribution in [0.4, 0.5) is 10.2 Å². The molecule has 3 aromatic heterocycles. The van der Waals surface area contributed by atoms with E-state index in [0.717, 1.165) is 53.7 Å². The Morgan fingerprint density at radius 3 is 2.78 bits per heavy atom. The number of ether oxygens (including phenoxy) is 1. The first kappa shape index (κ1) is 24.6. The molecule has 1 spiro atoms. The molecule has 2 atom stereocenters. The van der Waals surface area contributed by atoms with Crippen LogP contribution in [0.15, 0.2) is 43.0 Å². The average molecular weight is 504 g/mol. The van der Waals surface area contributed by atoms with Gasteiger partial charge < -0.3 is 20.7 Å². The number of carbonyl (C=O) groups is 1. The molecule has 2 aliphatic heterocycles. The predicted molar refractivity (Wildman–Crippen MR) is 137 cm³/mol. The van der Waals surface area contributed by atoms with Gasteiger partial charge >= 0.3 is 0 Å². The minimum atomic E-state index is -0.646. The van der Waals surface area contributed by atoms with E-state index in [2.05, 4.69) is 26.3 Å². The number of halogens is 1. The molecule has 37 heavy (non-hydrogen) atoms. The Kier molecular flexibility index (Phi) is 6.49. The highest BCUT2D eigenvalue weighted by Crippen LogP contribution is 2.39. The number of hydrogen-bond donors (Lipinski definition) is 2. The summed E-state index contributed by atoms with van der Waals surface area (Å²) < 4.78 is 19.6. The van der Waals surface area contributed by atoms with Crippen molar-refractivity contribution in [2.75, 3.05) is 25.5 Å². The zero-order valence-electron chi connectivity index (χ0n) is 21.2. The summed E-state index contributed by atoms with van der Waals surface area (Å²) in [5, 5.41) is 3.64. The quantitative estimate of drug-likeness (QED) is 0.545. The highest BCUT2D eigenvalue weighted by molar-refractivity contribution is 5.84. The molecule has 5 rings (SSSR count). The minimum absolute atomic E-state index is 0.114. The van der Waals surface area contributed by atoms with E-state index in [1.165, 1.54) is 19.4 Å². The van der Waals surface area contributed by atoms with Crippen molar-refractivity contribution in [3.63, 3.8) is 0 Å². The van der Waals surface area contributed by atoms with E-state index in [-0.39, 0.29) is 22.9 Å². The fourth-order valence-electron chi connectivity index (χ4n) is 5.28. The maximum absolute atomic E-state index is 14.4. The monoisotopic (exact) mass is 503 g/mol. The number of likely N-dealkylation sites (tertiary alicyclic amines) is 1. The first-order valence-corrected chi connectivity index (χ1v) is 12.3. The van der Waals surface area contributed by atoms with Crippen LogP contribution >= 0.6 is 0 Å². The van der Waals surface area contributed by atoms with Crippen LogP contribution < -0.4 is 15.8 Å². The number of aryl methyl sites for hydroxylation is 2. The molecular formula is C27H30FN7O2. The van der Waals surface area contributed by atoms with Crippen molar-refractivity contribution in [1.29, 1.82) is 0 Å². The van der Waals surface area contributed by atoms with E-state index < -0.39 is 11.7 Å². The van der Waals surface area contributed by atoms with Gasteiger partial charge in [0.05, 0.1) is 24.8 Å². The lowest BCUT2D eigenvalue weighted by Gasteiger charge is -2.36. The molecule has 0 radical (unpaired) electrons. The number of nitrogens with two attached hydrogens (primary N) is 1. The standard InChI is InChI=1S/C27H30FN7O2/c1-16(19-12-23(37-3)32-14-22(19)28)26(36)35-10-7-27(15-35)6-5-18-11-20(17(2)33-24(18)34-27)21(13-29)25-30-8-4-9-31-25/h4,8-9,11-14,16H,5-7,10,15,29H2,1-3H3,(H,33,34)/t16-,27+/m1/s1. The predicted octanol–water partition coefficient (Wildman–Crippen LogP) is 3.20. The lowest BCUT2D eigenvalue weighted by atomic mass is 9.85. The van der Waals surface area contributed by atoms with Crippen LogP contribution in [0, 0.1) is 12.7 Å². The number of amides is 1. The molecule has 1 saturated heterocycles. The van der Waals surface area contributed by atoms with Gasteiger partial charge in [-0.3, -0.25) is 4.79 Å². The van der Waals surface area contributed by atoms with Crippen molar-refractivity contribution >= 4 is 17.3 Å². The fourth-order valence-corrected chi connectivity index (χ4v) is 5.28. The SMILES string of the molecule is COc1cc([C@@H](C)C(=O)N2CC[C@@]3(CCc4cc(C(=CN)c5ncccn5)c(C)nc4N3)C2)c(F)cn1. The molecule has 0 bridgehead atoms. The van der Waals surface area contributed by atoms with Crippen LogP contribution in [0.25, 0.3) is 5.57 Å². The van der Waals surface area contributed by atoms with Crippen LogP contribution in [0.3, 0.4) is 0 Å². The second kappa shape index (κ2) is 9.76. The number of rotatable bonds is 5. The van der Waals surface area contributed by atoms with Gasteiger partial charge in [-0.15, -0.1) is 0 Å². The molecule has 2 aliphatic rings. The van der Waals surface area contributed by atoms with E-state index in [9.17, 15) is 9.18 Å². The minimum Gasteiger partial charge on any atom is -0.481 e. The number of fused-ring (bicyclic) bond motifs is 1. The molecule has 0 unspecified atom stereocenters. The van der Waals surface area contributed by atoms with Crippen LogP contribution in [0.5, 0.6) is 5.88 Å². The molecular weight excluding hydrogens is 473 g/mol. The van der Waals surface area contributed by atoms with Crippen LogP contribution in [0.2, 0.25) is 0 Å². The van der Waals surface area contributed by atoms with Crippen molar-refractivity contribution in [3.05, 3.63) is 77.0 Å². The molecule has 0 aliphatic carbocycles. The highest BCUT2D eigenvalue weighted by Gasteiger charge is 2.43. The zero-order chi connectivity index (χ0) is 26.2. The summed E-state index contributed by atoms with van der Waals surface area (Å²) in [5.74, 6) is 0.390. The Morgan fingerprint density at radius 2 is 2.05 bits per heavy atom. The molecule has 10 heteroatoms. The number of nitrogens with zero attached hydrogens (tertiary/aromatic N) is 5. The largest absolute Gasteiger partial charge is 0.481 e. The van der Waals surface area contributed by atoms with Gasteiger partial charge in [-0.25, -0.2) is 24.3 Å². The second-order valence-corrected chi connectivity index (χ2v) is 9.67. The molecule has 9 nitrogen and oxygen atoms in total. The van der Waals surface area contributed by atoms with Crippen molar-refractivity contribution in [2.24, 2.45) is 5.73 Å². The van der Waals surface area contributed by atoms with Gasteiger partial charge in [-0.1, -0.05) is 0 Å². The topological polar surface area (TPSA) is 119 Å². The average Bonchev–Trinajstić information content (AvgIpc) is 3.32. The Hall–Kier alpha value is -4.08. The molecule has 1 fully saturated rings. The van der Waals surface area contributed by atoms with E-state index >= 15 is 0 Å². The van der Waals surface area contributed by atoms with Gasteiger partial charge in [-0.2, -0.15) is 0 Å². The molecule has 0 saturated carbocycles. The van der Waals surface area contributed by atoms with Gasteiger partial charge in [-0.05, 0) is 50.8 Å². The summed E-state index contributed by atoms with van der Waals surface area (Å²) in [4.78, 5) is 32.6. The third-order valence-corrected chi connectivity index (χ3v) is 7.38. The van der Waals surface area contributed by atoms with Gasteiger partial charge in [0, 0.05) is 60.1 Å². The zero-order valence-corrected chi connectivity index (χ0v) is 21.2. The molecule has 3 N–H and O–H groups in total. The van der Waals surface area contributed by atoms with Gasteiger partial charge in [0.25, 0.3) is 0 Å². The van der Waals surface area contributed by atoms with Crippen molar-refractivity contribution in [1.82, 2.24) is 24.8 Å². The van der Waals surface area contributed by atoms with E-state index in [4.69, 9.17) is 15.5 Å². The van der Waals surface area contributed by atoms with Gasteiger partial charge in [0.15, 0.2) is 5.82 Å². The van der Waals surface area contributed by atoms with Crippen molar-refractivity contribution < 1.29 is 13.9 Å². The van der Waals surface area contributed by atoms with Gasteiger partial charge in [0.2, 0.25) is 11.8 Å². The Balaban J connectivity index is 1.34. The molecule has 1 amide bonds. The second-order valence-electron chi connectivity index (χ2n) is 9.67. The first-order chi connectivity index (χ1) is 17.8. The summed E-state index contributed by atoms with van der Waals surface area (Å²) in [7, 11) is 1.47. The number of carbonyl (C=O) groups excluding carboxylic acids is 1. The summed E-state index contributed by atoms with van der Waals surface area (Å²) >= 11 is 0. The summed E-state index contributed by atoms with van der Waals surface area (Å²) in [6.45, 7) is 4.79. The van der Waals surface area contributed by atoms with Crippen LogP contribution in [-0.4, -0.2) is 56.5 Å². The lowest BCUT2D eigenvalue weighted by molar-refractivity contribution is -0.131. The first-order valence-electron chi connectivity index (χ1n) is 12.3. The fraction of sp³-hybridized carbons (Fsp3) is 0.370. The van der Waals surface area contributed by atoms with Crippen LogP contribution in [0.1, 0.15) is 53.9 Å². The number of methoxy groups -OCH3 is 1. The summed E-state index contributed by atoms with van der Waals surface area (Å²) in [6.07, 6.45) is 8.44. The van der Waals surface area contributed by atoms with Crippen molar-refractivity contribution in [2.45, 2.75) is 44.6 Å². The van der Waals surface area contributed by atoms with Crippen molar-refractivity contribution in [3.8, 4) is 5.88 Å². The van der Waals surface area contributed by atoms with E-state index in [1.54, 1.807) is 25.4 Å². The number of hydrogen-bond acceptors (Lipinski definition) is 8. The highest BCUT2D eigenvalue weighted by atomic mass is 19.1. The summed E-state index contributed by atoms with van der Waals surface area (Å²) in [5.41, 5.74) is 9.51. The number of pyridine rings is 2. The Bertz CT molecular complexity index is 1360. The van der Waals surface area contributed by atoms with E-state index in [1.807, 2.05) is 11.8 Å². The number of nitrogens with one attached hydrogen (secondary N) is 1. The van der Waals surface area contributed by atoms with Crippen LogP contribution in [-0.2, 0) is 11.2 Å². The maximum atomic E-state index is 14.4. The molecule has 3 aromatic rings. The third-order valence-electron chi connectivity index (χ3n) is 7.38. The number of aromatic nitrogens is 4.